The van der Waals surface area contributed by atoms with E-state index in [1.165, 1.54) is 6.42 Å². The number of nitrogens with zero attached hydrogens (tertiary/aromatic N) is 2. The first-order chi connectivity index (χ1) is 10.2. The van der Waals surface area contributed by atoms with Gasteiger partial charge in [-0.2, -0.15) is 5.26 Å². The first kappa shape index (κ1) is 15.5. The van der Waals surface area contributed by atoms with Crippen molar-refractivity contribution in [1.29, 1.82) is 5.26 Å². The Labute approximate surface area is 126 Å². The lowest BCUT2D eigenvalue weighted by molar-refractivity contribution is -0.122. The first-order valence-corrected chi connectivity index (χ1v) is 7.72. The van der Waals surface area contributed by atoms with Crippen molar-refractivity contribution in [2.45, 2.75) is 38.1 Å². The van der Waals surface area contributed by atoms with Crippen molar-refractivity contribution in [3.63, 3.8) is 0 Å². The summed E-state index contributed by atoms with van der Waals surface area (Å²) in [7, 11) is 0. The Morgan fingerprint density at radius 2 is 2.05 bits per heavy atom. The van der Waals surface area contributed by atoms with E-state index < -0.39 is 5.92 Å². The first-order valence-electron chi connectivity index (χ1n) is 7.72. The third-order valence-corrected chi connectivity index (χ3v) is 4.00. The highest BCUT2D eigenvalue weighted by Crippen LogP contribution is 2.17. The summed E-state index contributed by atoms with van der Waals surface area (Å²) in [6, 6.07) is 11.6. The van der Waals surface area contributed by atoms with Crippen LogP contribution in [0.15, 0.2) is 30.3 Å². The molecule has 1 aromatic carbocycles. The molecule has 1 N–H and O–H groups in total. The van der Waals surface area contributed by atoms with Gasteiger partial charge < -0.3 is 10.2 Å². The fraction of sp³-hybridized carbons (Fsp3) is 0.529. The van der Waals surface area contributed by atoms with Gasteiger partial charge in [-0.05, 0) is 31.4 Å². The molecule has 1 aliphatic heterocycles. The van der Waals surface area contributed by atoms with Crippen LogP contribution in [0.25, 0.3) is 0 Å². The maximum atomic E-state index is 12.3. The Morgan fingerprint density at radius 1 is 1.38 bits per heavy atom. The predicted molar refractivity (Wildman–Crippen MR) is 82.7 cm³/mol. The zero-order chi connectivity index (χ0) is 15.1. The van der Waals surface area contributed by atoms with Crippen LogP contribution in [0.3, 0.4) is 0 Å². The smallest absolute Gasteiger partial charge is 0.242 e. The molecule has 112 valence electrons. The number of piperidine rings is 1. The van der Waals surface area contributed by atoms with Gasteiger partial charge in [-0.3, -0.25) is 4.79 Å². The lowest BCUT2D eigenvalue weighted by Gasteiger charge is -2.32. The van der Waals surface area contributed by atoms with E-state index in [4.69, 9.17) is 0 Å². The highest BCUT2D eigenvalue weighted by molar-refractivity contribution is 5.86. The van der Waals surface area contributed by atoms with Gasteiger partial charge in [-0.25, -0.2) is 0 Å². The summed E-state index contributed by atoms with van der Waals surface area (Å²) in [6.07, 6.45) is 3.11. The van der Waals surface area contributed by atoms with Crippen LogP contribution in [0.2, 0.25) is 0 Å². The van der Waals surface area contributed by atoms with Gasteiger partial charge in [0.2, 0.25) is 5.91 Å². The van der Waals surface area contributed by atoms with Crippen molar-refractivity contribution in [2.75, 3.05) is 19.6 Å². The van der Waals surface area contributed by atoms with Crippen LogP contribution in [0.1, 0.15) is 37.7 Å². The molecule has 0 aromatic heterocycles. The molecule has 1 aliphatic rings. The monoisotopic (exact) mass is 285 g/mol. The molecular weight excluding hydrogens is 262 g/mol. The van der Waals surface area contributed by atoms with Crippen LogP contribution in [-0.4, -0.2) is 36.5 Å². The standard InChI is InChI=1S/C17H23N3O/c1-2-10-20-11-8-15(9-12-20)19-17(21)16(13-18)14-6-4-3-5-7-14/h3-7,15-16H,2,8-12H2,1H3,(H,19,21). The zero-order valence-corrected chi connectivity index (χ0v) is 12.6. The maximum Gasteiger partial charge on any atom is 0.242 e. The van der Waals surface area contributed by atoms with E-state index >= 15 is 0 Å². The van der Waals surface area contributed by atoms with E-state index in [-0.39, 0.29) is 11.9 Å². The average Bonchev–Trinajstić information content (AvgIpc) is 2.51. The summed E-state index contributed by atoms with van der Waals surface area (Å²) >= 11 is 0. The normalized spacial score (nSPS) is 17.9. The number of hydrogen-bond acceptors (Lipinski definition) is 3. The molecule has 0 spiro atoms. The van der Waals surface area contributed by atoms with Crippen molar-refractivity contribution in [3.8, 4) is 6.07 Å². The summed E-state index contributed by atoms with van der Waals surface area (Å²) in [5.74, 6) is -0.877. The van der Waals surface area contributed by atoms with Crippen LogP contribution in [-0.2, 0) is 4.79 Å². The Hall–Kier alpha value is -1.86. The fourth-order valence-electron chi connectivity index (χ4n) is 2.83. The molecule has 1 amide bonds. The van der Waals surface area contributed by atoms with Gasteiger partial charge >= 0.3 is 0 Å². The van der Waals surface area contributed by atoms with E-state index in [2.05, 4.69) is 23.2 Å². The van der Waals surface area contributed by atoms with Gasteiger partial charge in [0.25, 0.3) is 0 Å². The van der Waals surface area contributed by atoms with Gasteiger partial charge in [0.05, 0.1) is 6.07 Å². The fourth-order valence-corrected chi connectivity index (χ4v) is 2.83. The van der Waals surface area contributed by atoms with Crippen molar-refractivity contribution >= 4 is 5.91 Å². The summed E-state index contributed by atoms with van der Waals surface area (Å²) in [6.45, 7) is 5.37. The summed E-state index contributed by atoms with van der Waals surface area (Å²) in [5, 5.41) is 12.3. The number of rotatable bonds is 5. The Kier molecular flexibility index (Phi) is 5.77. The number of carbonyl (C=O) groups is 1. The molecule has 2 rings (SSSR count). The topological polar surface area (TPSA) is 56.1 Å². The van der Waals surface area contributed by atoms with Crippen molar-refractivity contribution in [3.05, 3.63) is 35.9 Å². The highest BCUT2D eigenvalue weighted by Gasteiger charge is 2.25. The van der Waals surface area contributed by atoms with Gasteiger partial charge in [0, 0.05) is 19.1 Å². The molecule has 0 bridgehead atoms. The summed E-state index contributed by atoms with van der Waals surface area (Å²) < 4.78 is 0. The van der Waals surface area contributed by atoms with Gasteiger partial charge in [0.15, 0.2) is 0 Å². The molecule has 0 saturated carbocycles. The van der Waals surface area contributed by atoms with Crippen LogP contribution >= 0.6 is 0 Å². The molecular formula is C17H23N3O. The second kappa shape index (κ2) is 7.80. The highest BCUT2D eigenvalue weighted by atomic mass is 16.1. The van der Waals surface area contributed by atoms with Crippen LogP contribution < -0.4 is 5.32 Å². The zero-order valence-electron chi connectivity index (χ0n) is 12.6. The molecule has 1 atom stereocenters. The van der Waals surface area contributed by atoms with Crippen molar-refractivity contribution in [2.24, 2.45) is 0 Å². The molecule has 1 heterocycles. The number of benzene rings is 1. The van der Waals surface area contributed by atoms with Crippen LogP contribution in [0, 0.1) is 11.3 Å². The second-order valence-corrected chi connectivity index (χ2v) is 5.60. The quantitative estimate of drug-likeness (QED) is 0.903. The molecule has 0 radical (unpaired) electrons. The Balaban J connectivity index is 1.88. The molecule has 21 heavy (non-hydrogen) atoms. The van der Waals surface area contributed by atoms with E-state index in [1.807, 2.05) is 30.3 Å². The SMILES string of the molecule is CCCN1CCC(NC(=O)C(C#N)c2ccccc2)CC1. The number of carbonyl (C=O) groups excluding carboxylic acids is 1. The van der Waals surface area contributed by atoms with Crippen LogP contribution in [0.5, 0.6) is 0 Å². The maximum absolute atomic E-state index is 12.3. The van der Waals surface area contributed by atoms with Gasteiger partial charge in [-0.15, -0.1) is 0 Å². The molecule has 4 heteroatoms. The number of likely N-dealkylation sites (tertiary alicyclic amines) is 1. The lowest BCUT2D eigenvalue weighted by atomic mass is 9.98. The predicted octanol–water partition coefficient (Wildman–Crippen LogP) is 2.28. The minimum Gasteiger partial charge on any atom is -0.352 e. The summed E-state index contributed by atoms with van der Waals surface area (Å²) in [4.78, 5) is 14.7. The van der Waals surface area contributed by atoms with E-state index in [1.54, 1.807) is 0 Å². The molecule has 1 saturated heterocycles. The molecule has 1 unspecified atom stereocenters. The van der Waals surface area contributed by atoms with Gasteiger partial charge in [0.1, 0.15) is 5.92 Å². The number of nitrogens with one attached hydrogen (secondary N) is 1. The van der Waals surface area contributed by atoms with E-state index in [0.717, 1.165) is 38.0 Å². The minimum atomic E-state index is -0.708. The molecule has 4 nitrogen and oxygen atoms in total. The largest absolute Gasteiger partial charge is 0.352 e. The van der Waals surface area contributed by atoms with Crippen molar-refractivity contribution < 1.29 is 4.79 Å². The van der Waals surface area contributed by atoms with Crippen molar-refractivity contribution in [1.82, 2.24) is 10.2 Å². The lowest BCUT2D eigenvalue weighted by Crippen LogP contribution is -2.45. The molecule has 1 aromatic rings. The molecule has 0 aliphatic carbocycles. The minimum absolute atomic E-state index is 0.169. The number of hydrogen-bond donors (Lipinski definition) is 1. The Bertz CT molecular complexity index is 487. The third kappa shape index (κ3) is 4.30. The van der Waals surface area contributed by atoms with E-state index in [0.29, 0.717) is 0 Å². The third-order valence-electron chi connectivity index (χ3n) is 4.00. The van der Waals surface area contributed by atoms with Crippen LogP contribution in [0.4, 0.5) is 0 Å². The number of nitriles is 1. The number of amides is 1. The van der Waals surface area contributed by atoms with Gasteiger partial charge in [-0.1, -0.05) is 37.3 Å². The van der Waals surface area contributed by atoms with E-state index in [9.17, 15) is 10.1 Å². The molecule has 1 fully saturated rings. The second-order valence-electron chi connectivity index (χ2n) is 5.60. The average molecular weight is 285 g/mol. The Morgan fingerprint density at radius 3 is 2.62 bits per heavy atom. The summed E-state index contributed by atoms with van der Waals surface area (Å²) in [5.41, 5.74) is 0.765.